The van der Waals surface area contributed by atoms with Crippen LogP contribution in [0.1, 0.15) is 0 Å². The van der Waals surface area contributed by atoms with Crippen molar-refractivity contribution in [1.29, 1.82) is 0 Å². The van der Waals surface area contributed by atoms with Gasteiger partial charge in [0.15, 0.2) is 0 Å². The molecule has 28 heavy (non-hydrogen) atoms. The smallest absolute Gasteiger partial charge is 0.0585 e. The minimum atomic E-state index is -0.930. The monoisotopic (exact) mass is 424 g/mol. The minimum Gasteiger partial charge on any atom is -0.0686 e. The van der Waals surface area contributed by atoms with Crippen LogP contribution in [0.15, 0.2) is 121 Å². The molecule has 1 aliphatic rings. The zero-order valence-corrected chi connectivity index (χ0v) is 20.5. The number of hydrogen-bond acceptors (Lipinski definition) is 0. The van der Waals surface area contributed by atoms with Crippen LogP contribution in [0.5, 0.6) is 0 Å². The van der Waals surface area contributed by atoms with E-state index in [2.05, 4.69) is 121 Å². The second-order valence-electron chi connectivity index (χ2n) is 7.75. The average molecular weight is 425 g/mol. The molecule has 4 aromatic rings. The molecule has 0 bridgehead atoms. The van der Waals surface area contributed by atoms with Crippen LogP contribution in [0.4, 0.5) is 0 Å². The summed E-state index contributed by atoms with van der Waals surface area (Å²) < 4.78 is 0. The van der Waals surface area contributed by atoms with Gasteiger partial charge in [0, 0.05) is 0 Å². The fraction of sp³-hybridized carbons (Fsp3) is 0. The van der Waals surface area contributed by atoms with E-state index >= 15 is 0 Å². The van der Waals surface area contributed by atoms with Crippen molar-refractivity contribution in [3.05, 3.63) is 121 Å². The standard InChI is InChI=1S/C24H24Si4/c1-5-13-21(14-6-1)25-26(22-15-7-2-8-16-22)28(24-19-11-4-12-20-24)27(25)23-17-9-3-10-18-23/h1-20,25-28H. The molecule has 0 aromatic heterocycles. The first-order valence-corrected chi connectivity index (χ1v) is 23.1. The maximum Gasteiger partial charge on any atom is 0.0585 e. The molecule has 136 valence electrons. The van der Waals surface area contributed by atoms with Gasteiger partial charge in [-0.15, -0.1) is 0 Å². The van der Waals surface area contributed by atoms with Crippen LogP contribution in [0.2, 0.25) is 0 Å². The fourth-order valence-electron chi connectivity index (χ4n) is 5.11. The van der Waals surface area contributed by atoms with E-state index in [1.54, 1.807) is 20.7 Å². The predicted octanol–water partition coefficient (Wildman–Crippen LogP) is 0.851. The zero-order valence-electron chi connectivity index (χ0n) is 15.9. The molecule has 0 saturated carbocycles. The molecule has 4 aromatic carbocycles. The van der Waals surface area contributed by atoms with Crippen LogP contribution in [-0.2, 0) is 0 Å². The molecule has 4 heteroatoms. The predicted molar refractivity (Wildman–Crippen MR) is 133 cm³/mol. The van der Waals surface area contributed by atoms with Crippen LogP contribution in [0.25, 0.3) is 0 Å². The van der Waals surface area contributed by atoms with Gasteiger partial charge in [0.25, 0.3) is 0 Å². The van der Waals surface area contributed by atoms with E-state index in [4.69, 9.17) is 0 Å². The van der Waals surface area contributed by atoms with E-state index in [-0.39, 0.29) is 0 Å². The highest BCUT2D eigenvalue weighted by Crippen LogP contribution is 2.18. The lowest BCUT2D eigenvalue weighted by Gasteiger charge is -2.50. The van der Waals surface area contributed by atoms with E-state index in [0.717, 1.165) is 0 Å². The molecule has 0 spiro atoms. The molecule has 0 unspecified atom stereocenters. The van der Waals surface area contributed by atoms with E-state index in [1.807, 2.05) is 0 Å². The first kappa shape index (κ1) is 17.8. The Bertz CT molecular complexity index is 841. The summed E-state index contributed by atoms with van der Waals surface area (Å²) in [4.78, 5) is 0. The first-order valence-electron chi connectivity index (χ1n) is 10.1. The Balaban J connectivity index is 1.67. The molecule has 5 rings (SSSR count). The molecule has 0 aliphatic carbocycles. The van der Waals surface area contributed by atoms with Crippen molar-refractivity contribution < 1.29 is 0 Å². The molecule has 0 nitrogen and oxygen atoms in total. The molecule has 0 radical (unpaired) electrons. The third-order valence-electron chi connectivity index (χ3n) is 6.29. The lowest BCUT2D eigenvalue weighted by atomic mass is 10.4. The van der Waals surface area contributed by atoms with Crippen molar-refractivity contribution >= 4 is 52.1 Å². The molecular formula is C24H24Si4. The molecule has 1 aliphatic heterocycles. The first-order chi connectivity index (χ1) is 13.9. The SMILES string of the molecule is c1ccc([SiH]2[SiH](c3ccccc3)[SiH](c3ccccc3)[SiH]2c2ccccc2)cc1. The second-order valence-corrected chi connectivity index (χ2v) is 41.1. The van der Waals surface area contributed by atoms with E-state index in [9.17, 15) is 0 Å². The quantitative estimate of drug-likeness (QED) is 0.426. The van der Waals surface area contributed by atoms with Crippen molar-refractivity contribution in [2.75, 3.05) is 0 Å². The summed E-state index contributed by atoms with van der Waals surface area (Å²) in [6, 6.07) is 46.5. The highest BCUT2D eigenvalue weighted by Gasteiger charge is 2.56. The maximum absolute atomic E-state index is 2.46. The summed E-state index contributed by atoms with van der Waals surface area (Å²) in [6.45, 7) is 0. The van der Waals surface area contributed by atoms with Gasteiger partial charge in [0.2, 0.25) is 0 Å². The molecule has 1 fully saturated rings. The Morgan fingerprint density at radius 1 is 0.250 bits per heavy atom. The summed E-state index contributed by atoms with van der Waals surface area (Å²) in [6.07, 6.45) is 0. The van der Waals surface area contributed by atoms with E-state index in [0.29, 0.717) is 0 Å². The molecule has 0 atom stereocenters. The Kier molecular flexibility index (Phi) is 5.10. The van der Waals surface area contributed by atoms with Gasteiger partial charge in [0.05, 0.1) is 31.3 Å². The lowest BCUT2D eigenvalue weighted by Crippen LogP contribution is -2.91. The average Bonchev–Trinajstić information content (AvgIpc) is 2.76. The van der Waals surface area contributed by atoms with Crippen molar-refractivity contribution in [1.82, 2.24) is 0 Å². The van der Waals surface area contributed by atoms with Gasteiger partial charge >= 0.3 is 0 Å². The Hall–Kier alpha value is -2.25. The van der Waals surface area contributed by atoms with Crippen LogP contribution >= 0.6 is 0 Å². The van der Waals surface area contributed by atoms with Crippen molar-refractivity contribution in [3.8, 4) is 0 Å². The Labute approximate surface area is 173 Å². The van der Waals surface area contributed by atoms with Gasteiger partial charge in [-0.2, -0.15) is 0 Å². The third-order valence-corrected chi connectivity index (χ3v) is 78.4. The van der Waals surface area contributed by atoms with Crippen LogP contribution in [0.3, 0.4) is 0 Å². The van der Waals surface area contributed by atoms with Gasteiger partial charge in [-0.3, -0.25) is 0 Å². The fourth-order valence-corrected chi connectivity index (χ4v) is 91.8. The lowest BCUT2D eigenvalue weighted by molar-refractivity contribution is 1.75. The number of hydrogen-bond donors (Lipinski definition) is 0. The van der Waals surface area contributed by atoms with Gasteiger partial charge in [-0.25, -0.2) is 0 Å². The third kappa shape index (κ3) is 3.22. The van der Waals surface area contributed by atoms with Crippen LogP contribution in [-0.4, -0.2) is 31.3 Å². The summed E-state index contributed by atoms with van der Waals surface area (Å²) in [5.74, 6) is 0. The normalized spacial score (nSPS) is 23.7. The molecule has 0 N–H and O–H groups in total. The number of rotatable bonds is 4. The largest absolute Gasteiger partial charge is 0.0686 e. The van der Waals surface area contributed by atoms with E-state index < -0.39 is 31.3 Å². The van der Waals surface area contributed by atoms with Gasteiger partial charge in [0.1, 0.15) is 0 Å². The zero-order chi connectivity index (χ0) is 18.8. The summed E-state index contributed by atoms with van der Waals surface area (Å²) in [5.41, 5.74) is 0. The second kappa shape index (κ2) is 8.01. The summed E-state index contributed by atoms with van der Waals surface area (Å²) in [7, 11) is -3.72. The minimum absolute atomic E-state index is 0.930. The van der Waals surface area contributed by atoms with Gasteiger partial charge in [-0.1, -0.05) is 142 Å². The van der Waals surface area contributed by atoms with Crippen LogP contribution in [0, 0.1) is 0 Å². The highest BCUT2D eigenvalue weighted by atomic mass is 30.1. The van der Waals surface area contributed by atoms with Crippen molar-refractivity contribution in [2.45, 2.75) is 0 Å². The van der Waals surface area contributed by atoms with Crippen molar-refractivity contribution in [2.24, 2.45) is 0 Å². The maximum atomic E-state index is 2.46. The van der Waals surface area contributed by atoms with Gasteiger partial charge < -0.3 is 0 Å². The number of benzene rings is 4. The highest BCUT2D eigenvalue weighted by molar-refractivity contribution is 8.03. The Morgan fingerprint density at radius 3 is 0.607 bits per heavy atom. The molecule has 0 amide bonds. The van der Waals surface area contributed by atoms with Crippen LogP contribution < -0.4 is 20.7 Å². The van der Waals surface area contributed by atoms with Gasteiger partial charge in [-0.05, 0) is 0 Å². The molecule has 1 heterocycles. The summed E-state index contributed by atoms with van der Waals surface area (Å²) >= 11 is 0. The van der Waals surface area contributed by atoms with E-state index in [1.165, 1.54) is 0 Å². The summed E-state index contributed by atoms with van der Waals surface area (Å²) in [5, 5.41) is 6.96. The Morgan fingerprint density at radius 2 is 0.429 bits per heavy atom. The molecule has 1 saturated heterocycles. The topological polar surface area (TPSA) is 0 Å². The molecular weight excluding hydrogens is 401 g/mol. The van der Waals surface area contributed by atoms with Crippen molar-refractivity contribution in [3.63, 3.8) is 0 Å².